The Balaban J connectivity index is 2.39. The summed E-state index contributed by atoms with van der Waals surface area (Å²) < 4.78 is 6.92. The molecule has 9 heavy (non-hydrogen) atoms. The third-order valence-electron chi connectivity index (χ3n) is 1.33. The fraction of sp³-hybridized carbons (Fsp3) is 0.600. The second-order valence-corrected chi connectivity index (χ2v) is 1.97. The predicted molar refractivity (Wildman–Crippen MR) is 30.1 cm³/mol. The zero-order chi connectivity index (χ0) is 6.10. The van der Waals surface area contributed by atoms with E-state index in [0.29, 0.717) is 6.01 Å². The molecule has 2 rings (SSSR count). The molecule has 1 aromatic rings. The summed E-state index contributed by atoms with van der Waals surface area (Å²) in [6, 6.07) is 0.654. The van der Waals surface area contributed by atoms with Gasteiger partial charge in [-0.3, -0.25) is 0 Å². The van der Waals surface area contributed by atoms with Crippen molar-refractivity contribution in [2.24, 2.45) is 0 Å². The van der Waals surface area contributed by atoms with Crippen LogP contribution >= 0.6 is 0 Å². The molecular weight excluding hydrogens is 118 g/mol. The van der Waals surface area contributed by atoms with Crippen molar-refractivity contribution in [2.75, 3.05) is 6.61 Å². The molecule has 1 aliphatic heterocycles. The van der Waals surface area contributed by atoms with E-state index in [1.54, 1.807) is 4.68 Å². The zero-order valence-corrected chi connectivity index (χ0v) is 4.95. The van der Waals surface area contributed by atoms with Crippen molar-refractivity contribution in [2.45, 2.75) is 13.0 Å². The quantitative estimate of drug-likeness (QED) is 0.492. The van der Waals surface area contributed by atoms with Crippen LogP contribution in [0.5, 0.6) is 6.01 Å². The van der Waals surface area contributed by atoms with Gasteiger partial charge in [-0.25, -0.2) is 4.68 Å². The molecule has 0 radical (unpaired) electrons. The smallest absolute Gasteiger partial charge is 0.314 e. The number of aryl methyl sites for hydroxylation is 1. The molecule has 48 valence electrons. The van der Waals surface area contributed by atoms with E-state index in [0.717, 1.165) is 19.6 Å². The highest BCUT2D eigenvalue weighted by Gasteiger charge is 2.09. The second kappa shape index (κ2) is 1.72. The first-order valence-electron chi connectivity index (χ1n) is 2.97. The molecule has 2 heterocycles. The molecule has 0 bridgehead atoms. The Hall–Kier alpha value is -1.06. The number of rotatable bonds is 0. The lowest BCUT2D eigenvalue weighted by Gasteiger charge is -2.11. The Morgan fingerprint density at radius 2 is 2.67 bits per heavy atom. The van der Waals surface area contributed by atoms with Crippen LogP contribution in [0, 0.1) is 0 Å². The minimum absolute atomic E-state index is 0.654. The molecule has 1 aromatic heterocycles. The maximum absolute atomic E-state index is 5.15. The highest BCUT2D eigenvalue weighted by Crippen LogP contribution is 2.09. The van der Waals surface area contributed by atoms with Gasteiger partial charge in [0.15, 0.2) is 0 Å². The van der Waals surface area contributed by atoms with Crippen molar-refractivity contribution in [3.8, 4) is 6.01 Å². The molecule has 0 spiro atoms. The lowest BCUT2D eigenvalue weighted by atomic mass is 10.4. The summed E-state index contributed by atoms with van der Waals surface area (Å²) in [5.74, 6) is 0. The molecular formula is C5H7N3O. The summed E-state index contributed by atoms with van der Waals surface area (Å²) in [6.07, 6.45) is 2.55. The van der Waals surface area contributed by atoms with Gasteiger partial charge in [0.2, 0.25) is 0 Å². The zero-order valence-electron chi connectivity index (χ0n) is 4.95. The van der Waals surface area contributed by atoms with E-state index in [2.05, 4.69) is 10.1 Å². The summed E-state index contributed by atoms with van der Waals surface area (Å²) in [4.78, 5) is 3.89. The van der Waals surface area contributed by atoms with Crippen LogP contribution in [0.25, 0.3) is 0 Å². The van der Waals surface area contributed by atoms with Gasteiger partial charge in [-0.15, -0.1) is 0 Å². The summed E-state index contributed by atoms with van der Waals surface area (Å²) in [7, 11) is 0. The van der Waals surface area contributed by atoms with Gasteiger partial charge in [0.1, 0.15) is 6.33 Å². The maximum atomic E-state index is 5.15. The van der Waals surface area contributed by atoms with Gasteiger partial charge in [0, 0.05) is 13.0 Å². The Kier molecular flexibility index (Phi) is 0.913. The van der Waals surface area contributed by atoms with Crippen LogP contribution in [-0.2, 0) is 6.54 Å². The monoisotopic (exact) mass is 125 g/mol. The summed E-state index contributed by atoms with van der Waals surface area (Å²) >= 11 is 0. The van der Waals surface area contributed by atoms with Gasteiger partial charge < -0.3 is 4.74 Å². The van der Waals surface area contributed by atoms with Crippen molar-refractivity contribution in [3.05, 3.63) is 6.33 Å². The van der Waals surface area contributed by atoms with E-state index in [1.165, 1.54) is 6.33 Å². The van der Waals surface area contributed by atoms with Crippen LogP contribution in [-0.4, -0.2) is 21.4 Å². The molecule has 1 aliphatic rings. The minimum atomic E-state index is 0.654. The molecule has 0 saturated heterocycles. The number of hydrogen-bond acceptors (Lipinski definition) is 3. The fourth-order valence-corrected chi connectivity index (χ4v) is 0.897. The van der Waals surface area contributed by atoms with Gasteiger partial charge in [-0.05, 0) is 0 Å². The summed E-state index contributed by atoms with van der Waals surface area (Å²) in [6.45, 7) is 1.72. The third-order valence-corrected chi connectivity index (χ3v) is 1.33. The van der Waals surface area contributed by atoms with Crippen molar-refractivity contribution in [1.82, 2.24) is 14.8 Å². The lowest BCUT2D eigenvalue weighted by molar-refractivity contribution is 0.221. The molecule has 0 atom stereocenters. The lowest BCUT2D eigenvalue weighted by Crippen LogP contribution is -2.14. The maximum Gasteiger partial charge on any atom is 0.314 e. The Morgan fingerprint density at radius 1 is 1.67 bits per heavy atom. The molecule has 4 nitrogen and oxygen atoms in total. The standard InChI is InChI=1S/C5H7N3O/c1-2-8-5(9-3-1)6-4-7-8/h4H,1-3H2. The molecule has 0 amide bonds. The number of fused-ring (bicyclic) bond motifs is 1. The summed E-state index contributed by atoms with van der Waals surface area (Å²) in [5.41, 5.74) is 0. The van der Waals surface area contributed by atoms with Crippen molar-refractivity contribution < 1.29 is 4.74 Å². The highest BCUT2D eigenvalue weighted by atomic mass is 16.5. The third kappa shape index (κ3) is 0.667. The SMILES string of the molecule is c1nc2n(n1)CCCO2. The summed E-state index contributed by atoms with van der Waals surface area (Å²) in [5, 5.41) is 3.94. The van der Waals surface area contributed by atoms with Crippen LogP contribution in [0.4, 0.5) is 0 Å². The van der Waals surface area contributed by atoms with E-state index in [1.807, 2.05) is 0 Å². The number of nitrogens with zero attached hydrogens (tertiary/aromatic N) is 3. The van der Waals surface area contributed by atoms with Gasteiger partial charge >= 0.3 is 6.01 Å². The molecule has 4 heteroatoms. The normalized spacial score (nSPS) is 16.4. The average molecular weight is 125 g/mol. The predicted octanol–water partition coefficient (Wildman–Crippen LogP) is 0.0606. The van der Waals surface area contributed by atoms with E-state index in [9.17, 15) is 0 Å². The van der Waals surface area contributed by atoms with Crippen molar-refractivity contribution in [3.63, 3.8) is 0 Å². The Labute approximate surface area is 52.5 Å². The first kappa shape index (κ1) is 4.78. The first-order chi connectivity index (χ1) is 4.47. The molecule has 0 aliphatic carbocycles. The highest BCUT2D eigenvalue weighted by molar-refractivity contribution is 4.92. The molecule has 0 N–H and O–H groups in total. The van der Waals surface area contributed by atoms with Crippen molar-refractivity contribution in [1.29, 1.82) is 0 Å². The van der Waals surface area contributed by atoms with E-state index in [4.69, 9.17) is 4.74 Å². The van der Waals surface area contributed by atoms with Crippen LogP contribution < -0.4 is 4.74 Å². The number of hydrogen-bond donors (Lipinski definition) is 0. The molecule has 0 aromatic carbocycles. The van der Waals surface area contributed by atoms with Crippen LogP contribution in [0.15, 0.2) is 6.33 Å². The van der Waals surface area contributed by atoms with Gasteiger partial charge in [-0.2, -0.15) is 10.1 Å². The second-order valence-electron chi connectivity index (χ2n) is 1.97. The van der Waals surface area contributed by atoms with E-state index in [-0.39, 0.29) is 0 Å². The van der Waals surface area contributed by atoms with E-state index >= 15 is 0 Å². The van der Waals surface area contributed by atoms with Gasteiger partial charge in [0.25, 0.3) is 0 Å². The molecule has 0 saturated carbocycles. The average Bonchev–Trinajstić information content (AvgIpc) is 2.33. The Bertz CT molecular complexity index is 187. The Morgan fingerprint density at radius 3 is 3.56 bits per heavy atom. The number of aromatic nitrogens is 3. The minimum Gasteiger partial charge on any atom is -0.464 e. The van der Waals surface area contributed by atoms with Gasteiger partial charge in [0.05, 0.1) is 6.61 Å². The van der Waals surface area contributed by atoms with Crippen molar-refractivity contribution >= 4 is 0 Å². The van der Waals surface area contributed by atoms with E-state index < -0.39 is 0 Å². The number of ether oxygens (including phenoxy) is 1. The van der Waals surface area contributed by atoms with Crippen LogP contribution in [0.1, 0.15) is 6.42 Å². The topological polar surface area (TPSA) is 39.9 Å². The largest absolute Gasteiger partial charge is 0.464 e. The fourth-order valence-electron chi connectivity index (χ4n) is 0.897. The van der Waals surface area contributed by atoms with Crippen LogP contribution in [0.2, 0.25) is 0 Å². The molecule has 0 unspecified atom stereocenters. The van der Waals surface area contributed by atoms with Crippen LogP contribution in [0.3, 0.4) is 0 Å². The first-order valence-corrected chi connectivity index (χ1v) is 2.97. The van der Waals surface area contributed by atoms with Gasteiger partial charge in [-0.1, -0.05) is 0 Å². The molecule has 0 fully saturated rings.